The molecule has 0 aliphatic rings. The van der Waals surface area contributed by atoms with Crippen molar-refractivity contribution >= 4 is 23.2 Å². The third kappa shape index (κ3) is 3.14. The van der Waals surface area contributed by atoms with Crippen molar-refractivity contribution in [2.24, 2.45) is 0 Å². The zero-order chi connectivity index (χ0) is 13.8. The number of Topliss-reactive ketones (excluding diaryl/α,β-unsaturated/α-hetero) is 1. The number of ketones is 1. The zero-order valence-electron chi connectivity index (χ0n) is 9.94. The Morgan fingerprint density at radius 1 is 1.37 bits per heavy atom. The molecule has 7 heteroatoms. The van der Waals surface area contributed by atoms with Crippen LogP contribution in [0.1, 0.15) is 17.3 Å². The fourth-order valence-corrected chi connectivity index (χ4v) is 2.26. The number of carbonyl (C=O) groups is 1. The molecule has 1 aromatic carbocycles. The Labute approximate surface area is 113 Å². The highest BCUT2D eigenvalue weighted by molar-refractivity contribution is 7.99. The number of nitrogens with zero attached hydrogens (tertiary/aromatic N) is 3. The molecule has 0 aliphatic heterocycles. The first-order valence-corrected chi connectivity index (χ1v) is 6.13. The van der Waals surface area contributed by atoms with E-state index in [9.17, 15) is 14.9 Å². The van der Waals surface area contributed by atoms with Crippen molar-refractivity contribution in [3.05, 3.63) is 52.5 Å². The predicted octanol–water partition coefficient (Wildman–Crippen LogP) is 2.74. The summed E-state index contributed by atoms with van der Waals surface area (Å²) in [6.45, 7) is 1.31. The Balaban J connectivity index is 2.36. The smallest absolute Gasteiger partial charge is 0.280 e. The molecule has 0 saturated heterocycles. The molecule has 1 heterocycles. The first-order valence-electron chi connectivity index (χ1n) is 5.31. The average Bonchev–Trinajstić information content (AvgIpc) is 2.39. The number of hydrogen-bond donors (Lipinski definition) is 0. The van der Waals surface area contributed by atoms with Gasteiger partial charge in [0.25, 0.3) is 5.69 Å². The number of aromatic nitrogens is 2. The van der Waals surface area contributed by atoms with E-state index in [1.807, 2.05) is 0 Å². The maximum Gasteiger partial charge on any atom is 0.280 e. The van der Waals surface area contributed by atoms with Crippen LogP contribution in [0.4, 0.5) is 5.69 Å². The number of carbonyl (C=O) groups excluding carboxylic acids is 1. The van der Waals surface area contributed by atoms with Crippen LogP contribution in [-0.2, 0) is 0 Å². The predicted molar refractivity (Wildman–Crippen MR) is 69.3 cm³/mol. The second-order valence-electron chi connectivity index (χ2n) is 3.64. The maximum absolute atomic E-state index is 11.4. The molecule has 19 heavy (non-hydrogen) atoms. The molecule has 0 atom stereocenters. The van der Waals surface area contributed by atoms with Crippen molar-refractivity contribution in [2.75, 3.05) is 0 Å². The van der Waals surface area contributed by atoms with Crippen molar-refractivity contribution in [1.82, 2.24) is 9.97 Å². The number of nitro groups is 1. The van der Waals surface area contributed by atoms with Crippen molar-refractivity contribution < 1.29 is 9.72 Å². The van der Waals surface area contributed by atoms with Crippen molar-refractivity contribution in [2.45, 2.75) is 16.8 Å². The molecule has 0 fully saturated rings. The number of hydrogen-bond acceptors (Lipinski definition) is 6. The Morgan fingerprint density at radius 2 is 2.16 bits per heavy atom. The highest BCUT2D eigenvalue weighted by Gasteiger charge is 2.17. The number of nitro benzene ring substituents is 1. The van der Waals surface area contributed by atoms with Gasteiger partial charge in [0.15, 0.2) is 5.78 Å². The van der Waals surface area contributed by atoms with Crippen molar-refractivity contribution in [3.63, 3.8) is 0 Å². The molecule has 0 aliphatic carbocycles. The molecule has 1 aromatic heterocycles. The van der Waals surface area contributed by atoms with Gasteiger partial charge in [-0.15, -0.1) is 0 Å². The molecule has 0 saturated carbocycles. The Kier molecular flexibility index (Phi) is 3.86. The van der Waals surface area contributed by atoms with Gasteiger partial charge in [-0.2, -0.15) is 0 Å². The monoisotopic (exact) mass is 275 g/mol. The summed E-state index contributed by atoms with van der Waals surface area (Å²) in [5.41, 5.74) is -0.0800. The van der Waals surface area contributed by atoms with E-state index in [-0.39, 0.29) is 17.0 Å². The van der Waals surface area contributed by atoms with Crippen LogP contribution in [0.15, 0.2) is 46.7 Å². The lowest BCUT2D eigenvalue weighted by Crippen LogP contribution is -2.00. The summed E-state index contributed by atoms with van der Waals surface area (Å²) in [6.07, 6.45) is 3.02. The highest BCUT2D eigenvalue weighted by atomic mass is 32.2. The normalized spacial score (nSPS) is 10.2. The van der Waals surface area contributed by atoms with E-state index in [1.165, 1.54) is 37.1 Å². The van der Waals surface area contributed by atoms with Gasteiger partial charge in [0, 0.05) is 17.2 Å². The summed E-state index contributed by atoms with van der Waals surface area (Å²) in [4.78, 5) is 30.3. The van der Waals surface area contributed by atoms with E-state index in [0.717, 1.165) is 4.90 Å². The van der Waals surface area contributed by atoms with E-state index < -0.39 is 4.92 Å². The topological polar surface area (TPSA) is 86.0 Å². The summed E-state index contributed by atoms with van der Waals surface area (Å²) < 4.78 is 0. The standard InChI is InChI=1S/C12H9N3O3S/c1-8(16)10-6-9(2-3-11(10)15(17)18)19-12-4-5-13-7-14-12/h2-7H,1H3. The van der Waals surface area contributed by atoms with Crippen LogP contribution >= 0.6 is 11.8 Å². The molecule has 0 N–H and O–H groups in total. The minimum absolute atomic E-state index is 0.101. The number of rotatable bonds is 4. The molecule has 0 amide bonds. The van der Waals surface area contributed by atoms with Gasteiger partial charge < -0.3 is 0 Å². The summed E-state index contributed by atoms with van der Waals surface area (Å²) in [5.74, 6) is -0.336. The third-order valence-corrected chi connectivity index (χ3v) is 3.26. The van der Waals surface area contributed by atoms with Crippen LogP contribution in [0.5, 0.6) is 0 Å². The zero-order valence-corrected chi connectivity index (χ0v) is 10.8. The summed E-state index contributed by atoms with van der Waals surface area (Å²) in [7, 11) is 0. The van der Waals surface area contributed by atoms with E-state index in [4.69, 9.17) is 0 Å². The molecular formula is C12H9N3O3S. The van der Waals surface area contributed by atoms with Crippen LogP contribution in [0.3, 0.4) is 0 Å². The van der Waals surface area contributed by atoms with E-state index >= 15 is 0 Å². The SMILES string of the molecule is CC(=O)c1cc(Sc2ccncn2)ccc1[N+](=O)[O-]. The molecule has 6 nitrogen and oxygen atoms in total. The van der Waals surface area contributed by atoms with Crippen LogP contribution in [-0.4, -0.2) is 20.7 Å². The van der Waals surface area contributed by atoms with Crippen LogP contribution in [0, 0.1) is 10.1 Å². The second kappa shape index (κ2) is 5.57. The molecular weight excluding hydrogens is 266 g/mol. The van der Waals surface area contributed by atoms with Crippen molar-refractivity contribution in [3.8, 4) is 0 Å². The second-order valence-corrected chi connectivity index (χ2v) is 4.74. The molecule has 0 bridgehead atoms. The van der Waals surface area contributed by atoms with Gasteiger partial charge in [0.2, 0.25) is 0 Å². The van der Waals surface area contributed by atoms with Crippen LogP contribution in [0.2, 0.25) is 0 Å². The van der Waals surface area contributed by atoms with Gasteiger partial charge in [0.1, 0.15) is 11.4 Å². The molecule has 0 radical (unpaired) electrons. The van der Waals surface area contributed by atoms with Gasteiger partial charge >= 0.3 is 0 Å². The van der Waals surface area contributed by atoms with E-state index in [0.29, 0.717) is 5.03 Å². The van der Waals surface area contributed by atoms with Gasteiger partial charge in [-0.25, -0.2) is 9.97 Å². The van der Waals surface area contributed by atoms with Gasteiger partial charge in [-0.1, -0.05) is 11.8 Å². The highest BCUT2D eigenvalue weighted by Crippen LogP contribution is 2.30. The Morgan fingerprint density at radius 3 is 2.74 bits per heavy atom. The molecule has 96 valence electrons. The third-order valence-electron chi connectivity index (χ3n) is 2.32. The largest absolute Gasteiger partial charge is 0.294 e. The molecule has 0 unspecified atom stereocenters. The lowest BCUT2D eigenvalue weighted by molar-refractivity contribution is -0.385. The van der Waals surface area contributed by atoms with Gasteiger partial charge in [-0.3, -0.25) is 14.9 Å². The Hall–Kier alpha value is -2.28. The van der Waals surface area contributed by atoms with Crippen LogP contribution in [0.25, 0.3) is 0 Å². The molecule has 2 aromatic rings. The fraction of sp³-hybridized carbons (Fsp3) is 0.0833. The quantitative estimate of drug-likeness (QED) is 0.369. The first-order chi connectivity index (χ1) is 9.08. The van der Waals surface area contributed by atoms with Gasteiger partial charge in [-0.05, 0) is 25.1 Å². The fourth-order valence-electron chi connectivity index (χ4n) is 1.48. The molecule has 2 rings (SSSR count). The van der Waals surface area contributed by atoms with Crippen molar-refractivity contribution in [1.29, 1.82) is 0 Å². The number of benzene rings is 1. The lowest BCUT2D eigenvalue weighted by atomic mass is 10.1. The van der Waals surface area contributed by atoms with Gasteiger partial charge in [0.05, 0.1) is 10.5 Å². The van der Waals surface area contributed by atoms with Crippen LogP contribution < -0.4 is 0 Å². The lowest BCUT2D eigenvalue weighted by Gasteiger charge is -2.03. The summed E-state index contributed by atoms with van der Waals surface area (Å²) in [5, 5.41) is 11.5. The first kappa shape index (κ1) is 13.2. The minimum atomic E-state index is -0.560. The summed E-state index contributed by atoms with van der Waals surface area (Å²) in [6, 6.07) is 6.16. The average molecular weight is 275 g/mol. The molecule has 0 spiro atoms. The summed E-state index contributed by atoms with van der Waals surface area (Å²) >= 11 is 1.31. The maximum atomic E-state index is 11.4. The van der Waals surface area contributed by atoms with E-state index in [2.05, 4.69) is 9.97 Å². The Bertz CT molecular complexity index is 631. The minimum Gasteiger partial charge on any atom is -0.294 e. The van der Waals surface area contributed by atoms with E-state index in [1.54, 1.807) is 18.3 Å².